The Kier molecular flexibility index (Phi) is 3.44. The van der Waals surface area contributed by atoms with Crippen LogP contribution in [0.4, 0.5) is 18.9 Å². The smallest absolute Gasteiger partial charge is 0.323 e. The highest BCUT2D eigenvalue weighted by Gasteiger charge is 2.33. The van der Waals surface area contributed by atoms with Crippen molar-refractivity contribution < 1.29 is 13.2 Å². The van der Waals surface area contributed by atoms with Crippen molar-refractivity contribution in [2.45, 2.75) is 6.18 Å². The number of nitrogens with two attached hydrogens (primary N) is 1. The highest BCUT2D eigenvalue weighted by atomic mass is 79.9. The maximum atomic E-state index is 12.4. The molecule has 0 aliphatic carbocycles. The molecule has 0 heterocycles. The normalized spacial score (nSPS) is 11.6. The molecule has 2 nitrogen and oxygen atoms in total. The molecule has 0 radical (unpaired) electrons. The Bertz CT molecular complexity index is 352. The van der Waals surface area contributed by atoms with Crippen molar-refractivity contribution in [3.63, 3.8) is 0 Å². The van der Waals surface area contributed by atoms with Gasteiger partial charge in [0.15, 0.2) is 0 Å². The predicted octanol–water partition coefficient (Wildman–Crippen LogP) is 3.52. The van der Waals surface area contributed by atoms with E-state index < -0.39 is 11.7 Å². The van der Waals surface area contributed by atoms with E-state index in [1.165, 1.54) is 6.07 Å². The fourth-order valence-corrected chi connectivity index (χ4v) is 2.21. The largest absolute Gasteiger partial charge is 0.417 e. The van der Waals surface area contributed by atoms with E-state index in [0.29, 0.717) is 4.47 Å². The van der Waals surface area contributed by atoms with E-state index in [4.69, 9.17) is 5.84 Å². The number of nitrogens with one attached hydrogen (secondary N) is 1. The minimum Gasteiger partial charge on any atom is -0.323 e. The van der Waals surface area contributed by atoms with Crippen molar-refractivity contribution in [1.82, 2.24) is 0 Å². The van der Waals surface area contributed by atoms with Crippen LogP contribution in [0.1, 0.15) is 5.56 Å². The molecule has 78 valence electrons. The van der Waals surface area contributed by atoms with E-state index in [2.05, 4.69) is 37.3 Å². The zero-order valence-electron chi connectivity index (χ0n) is 6.62. The molecule has 3 N–H and O–H groups in total. The Hall–Kier alpha value is -0.270. The predicted molar refractivity (Wildman–Crippen MR) is 54.7 cm³/mol. The second-order valence-electron chi connectivity index (χ2n) is 2.45. The number of hydrogen-bond acceptors (Lipinski definition) is 2. The Balaban J connectivity index is 3.32. The maximum Gasteiger partial charge on any atom is 0.417 e. The van der Waals surface area contributed by atoms with Crippen molar-refractivity contribution in [2.75, 3.05) is 5.43 Å². The van der Waals surface area contributed by atoms with Crippen LogP contribution in [0.3, 0.4) is 0 Å². The molecule has 0 saturated carbocycles. The molecule has 0 amide bonds. The summed E-state index contributed by atoms with van der Waals surface area (Å²) < 4.78 is 37.6. The van der Waals surface area contributed by atoms with E-state index in [1.54, 1.807) is 0 Å². The van der Waals surface area contributed by atoms with Crippen LogP contribution in [-0.4, -0.2) is 0 Å². The van der Waals surface area contributed by atoms with Gasteiger partial charge in [-0.25, -0.2) is 0 Å². The topological polar surface area (TPSA) is 38.0 Å². The SMILES string of the molecule is NNc1cc(C(F)(F)F)c(Br)cc1Br. The van der Waals surface area contributed by atoms with Gasteiger partial charge in [0.2, 0.25) is 0 Å². The molecule has 0 aliphatic heterocycles. The highest BCUT2D eigenvalue weighted by molar-refractivity contribution is 9.11. The molecule has 1 rings (SSSR count). The van der Waals surface area contributed by atoms with Crippen LogP contribution in [-0.2, 0) is 6.18 Å². The van der Waals surface area contributed by atoms with Crippen LogP contribution in [0.5, 0.6) is 0 Å². The zero-order valence-corrected chi connectivity index (χ0v) is 9.79. The summed E-state index contributed by atoms with van der Waals surface area (Å²) in [5, 5.41) is 0. The van der Waals surface area contributed by atoms with E-state index >= 15 is 0 Å². The van der Waals surface area contributed by atoms with Crippen molar-refractivity contribution in [1.29, 1.82) is 0 Å². The molecule has 0 unspecified atom stereocenters. The van der Waals surface area contributed by atoms with Gasteiger partial charge < -0.3 is 5.43 Å². The summed E-state index contributed by atoms with van der Waals surface area (Å²) in [7, 11) is 0. The maximum absolute atomic E-state index is 12.4. The lowest BCUT2D eigenvalue weighted by molar-refractivity contribution is -0.138. The van der Waals surface area contributed by atoms with Gasteiger partial charge in [-0.3, -0.25) is 5.84 Å². The van der Waals surface area contributed by atoms with Crippen LogP contribution in [0.25, 0.3) is 0 Å². The number of nitrogen functional groups attached to an aromatic ring is 1. The Labute approximate surface area is 94.9 Å². The van der Waals surface area contributed by atoms with E-state index in [1.807, 2.05) is 0 Å². The summed E-state index contributed by atoms with van der Waals surface area (Å²) in [6.45, 7) is 0. The third-order valence-corrected chi connectivity index (χ3v) is 2.83. The lowest BCUT2D eigenvalue weighted by atomic mass is 10.2. The van der Waals surface area contributed by atoms with E-state index in [-0.39, 0.29) is 10.2 Å². The van der Waals surface area contributed by atoms with Crippen molar-refractivity contribution >= 4 is 37.5 Å². The number of anilines is 1. The van der Waals surface area contributed by atoms with Gasteiger partial charge in [0.1, 0.15) is 0 Å². The molecule has 14 heavy (non-hydrogen) atoms. The standard InChI is InChI=1S/C7H5Br2F3N2/c8-4-2-5(9)6(14-13)1-3(4)7(10,11)12/h1-2,14H,13H2. The average Bonchev–Trinajstić information content (AvgIpc) is 2.02. The Morgan fingerprint density at radius 3 is 2.14 bits per heavy atom. The fourth-order valence-electron chi connectivity index (χ4n) is 0.877. The van der Waals surface area contributed by atoms with Gasteiger partial charge in [-0.15, -0.1) is 0 Å². The molecule has 7 heteroatoms. The van der Waals surface area contributed by atoms with Gasteiger partial charge >= 0.3 is 6.18 Å². The number of rotatable bonds is 1. The van der Waals surface area contributed by atoms with Gasteiger partial charge in [-0.1, -0.05) is 15.9 Å². The first-order valence-electron chi connectivity index (χ1n) is 3.39. The number of halogens is 5. The summed E-state index contributed by atoms with van der Waals surface area (Å²) >= 11 is 5.90. The second-order valence-corrected chi connectivity index (χ2v) is 4.16. The molecule has 0 bridgehead atoms. The summed E-state index contributed by atoms with van der Waals surface area (Å²) in [5.41, 5.74) is 1.58. The first-order valence-corrected chi connectivity index (χ1v) is 4.97. The van der Waals surface area contributed by atoms with Crippen LogP contribution >= 0.6 is 31.9 Å². The van der Waals surface area contributed by atoms with Crippen LogP contribution in [0.2, 0.25) is 0 Å². The van der Waals surface area contributed by atoms with Crippen LogP contribution in [0.15, 0.2) is 21.1 Å². The van der Waals surface area contributed by atoms with E-state index in [9.17, 15) is 13.2 Å². The van der Waals surface area contributed by atoms with Crippen molar-refractivity contribution in [2.24, 2.45) is 5.84 Å². The quantitative estimate of drug-likeness (QED) is 0.609. The van der Waals surface area contributed by atoms with Crippen LogP contribution < -0.4 is 11.3 Å². The first kappa shape index (κ1) is 11.8. The number of benzene rings is 1. The summed E-state index contributed by atoms with van der Waals surface area (Å²) in [6.07, 6.45) is -4.40. The Morgan fingerprint density at radius 1 is 1.14 bits per heavy atom. The number of hydrogen-bond donors (Lipinski definition) is 2. The van der Waals surface area contributed by atoms with Gasteiger partial charge in [0.25, 0.3) is 0 Å². The van der Waals surface area contributed by atoms with Gasteiger partial charge in [-0.05, 0) is 28.1 Å². The number of hydrazine groups is 1. The second kappa shape index (κ2) is 4.08. The third kappa shape index (κ3) is 2.40. The summed E-state index contributed by atoms with van der Waals surface area (Å²) in [4.78, 5) is 0. The summed E-state index contributed by atoms with van der Waals surface area (Å²) in [6, 6.07) is 2.21. The van der Waals surface area contributed by atoms with E-state index in [0.717, 1.165) is 6.07 Å². The van der Waals surface area contributed by atoms with Crippen LogP contribution in [0, 0.1) is 0 Å². The van der Waals surface area contributed by atoms with Crippen molar-refractivity contribution in [3.05, 3.63) is 26.6 Å². The third-order valence-electron chi connectivity index (χ3n) is 1.52. The molecule has 0 aliphatic rings. The molecule has 0 atom stereocenters. The molecule has 0 aromatic heterocycles. The van der Waals surface area contributed by atoms with Gasteiger partial charge in [-0.2, -0.15) is 13.2 Å². The zero-order chi connectivity index (χ0) is 10.9. The molecule has 0 fully saturated rings. The average molecular weight is 334 g/mol. The molecule has 1 aromatic rings. The molecular formula is C7H5Br2F3N2. The lowest BCUT2D eigenvalue weighted by Crippen LogP contribution is -2.11. The number of alkyl halides is 3. The fraction of sp³-hybridized carbons (Fsp3) is 0.143. The minimum absolute atomic E-state index is 0.0316. The van der Waals surface area contributed by atoms with Gasteiger partial charge in [0.05, 0.1) is 11.3 Å². The molecule has 0 saturated heterocycles. The first-order chi connectivity index (χ1) is 6.36. The summed E-state index contributed by atoms with van der Waals surface area (Å²) in [5.74, 6) is 5.05. The Morgan fingerprint density at radius 2 is 1.71 bits per heavy atom. The minimum atomic E-state index is -4.40. The molecule has 0 spiro atoms. The van der Waals surface area contributed by atoms with Gasteiger partial charge in [0, 0.05) is 8.95 Å². The highest BCUT2D eigenvalue weighted by Crippen LogP contribution is 2.39. The lowest BCUT2D eigenvalue weighted by Gasteiger charge is -2.12. The molecular weight excluding hydrogens is 329 g/mol. The molecule has 1 aromatic carbocycles. The van der Waals surface area contributed by atoms with Crippen molar-refractivity contribution in [3.8, 4) is 0 Å². The monoisotopic (exact) mass is 332 g/mol.